The lowest BCUT2D eigenvalue weighted by molar-refractivity contribution is -0.116. The maximum absolute atomic E-state index is 12.1. The maximum atomic E-state index is 12.1. The molecule has 0 amide bonds. The number of Topliss-reactive ketones (excluding diaryl/α,β-unsaturated/α-hetero) is 1. The predicted molar refractivity (Wildman–Crippen MR) is 63.3 cm³/mol. The zero-order chi connectivity index (χ0) is 13.1. The number of carbonyl (C=O) groups excluding carboxylic acids is 1. The highest BCUT2D eigenvalue weighted by Gasteiger charge is 2.31. The van der Waals surface area contributed by atoms with Gasteiger partial charge in [0.05, 0.1) is 17.4 Å². The van der Waals surface area contributed by atoms with Crippen molar-refractivity contribution < 1.29 is 13.2 Å². The van der Waals surface area contributed by atoms with Gasteiger partial charge in [-0.25, -0.2) is 8.42 Å². The number of hydrogen-bond acceptors (Lipinski definition) is 4. The van der Waals surface area contributed by atoms with E-state index in [2.05, 4.69) is 0 Å². The molecule has 4 nitrogen and oxygen atoms in total. The summed E-state index contributed by atoms with van der Waals surface area (Å²) in [5.74, 6) is -0.540. The number of benzene rings is 1. The summed E-state index contributed by atoms with van der Waals surface area (Å²) in [6, 6.07) is 7.22. The summed E-state index contributed by atoms with van der Waals surface area (Å²) < 4.78 is 24.1. The average molecular weight is 272 g/mol. The molecule has 0 aliphatic rings. The number of sulfone groups is 1. The minimum absolute atomic E-state index is 0.00245. The minimum atomic E-state index is -3.81. The summed E-state index contributed by atoms with van der Waals surface area (Å²) in [5, 5.41) is 7.65. The minimum Gasteiger partial charge on any atom is -0.299 e. The molecule has 0 heterocycles. The largest absolute Gasteiger partial charge is 0.299 e. The van der Waals surface area contributed by atoms with Crippen LogP contribution in [-0.4, -0.2) is 19.5 Å². The molecule has 0 saturated heterocycles. The van der Waals surface area contributed by atoms with E-state index < -0.39 is 20.9 Å². The summed E-state index contributed by atoms with van der Waals surface area (Å²) in [6.07, 6.45) is -0.347. The van der Waals surface area contributed by atoms with Crippen molar-refractivity contribution in [1.82, 2.24) is 0 Å². The van der Waals surface area contributed by atoms with Crippen LogP contribution in [0.25, 0.3) is 0 Å². The second-order valence-corrected chi connectivity index (χ2v) is 6.03. The topological polar surface area (TPSA) is 75.0 Å². The molecule has 0 bridgehead atoms. The van der Waals surface area contributed by atoms with E-state index in [4.69, 9.17) is 16.9 Å². The third kappa shape index (κ3) is 3.05. The number of nitriles is 1. The number of carbonyl (C=O) groups is 1. The van der Waals surface area contributed by atoms with Crippen LogP contribution >= 0.6 is 11.6 Å². The van der Waals surface area contributed by atoms with Crippen LogP contribution in [0.2, 0.25) is 5.02 Å². The Kier molecular flexibility index (Phi) is 4.27. The van der Waals surface area contributed by atoms with Gasteiger partial charge < -0.3 is 0 Å². The molecule has 0 spiro atoms. The van der Waals surface area contributed by atoms with Crippen molar-refractivity contribution in [1.29, 1.82) is 5.26 Å². The van der Waals surface area contributed by atoms with Gasteiger partial charge in [-0.1, -0.05) is 11.6 Å². The van der Waals surface area contributed by atoms with Gasteiger partial charge in [-0.15, -0.1) is 0 Å². The van der Waals surface area contributed by atoms with Gasteiger partial charge in [0.25, 0.3) is 0 Å². The number of hydrogen-bond donors (Lipinski definition) is 0. The molecule has 0 fully saturated rings. The van der Waals surface area contributed by atoms with Crippen molar-refractivity contribution in [2.75, 3.05) is 0 Å². The molecule has 0 aliphatic heterocycles. The van der Waals surface area contributed by atoms with Crippen molar-refractivity contribution in [2.24, 2.45) is 0 Å². The lowest BCUT2D eigenvalue weighted by Gasteiger charge is -2.11. The standard InChI is InChI=1S/C11H10ClNO3S/c1-8(14)11(6-7-13)17(15,16)10-4-2-9(12)3-5-10/h2-5,11H,6H2,1H3. The van der Waals surface area contributed by atoms with Crippen LogP contribution < -0.4 is 0 Å². The molecular formula is C11H10ClNO3S. The summed E-state index contributed by atoms with van der Waals surface area (Å²) in [5.41, 5.74) is 0. The van der Waals surface area contributed by atoms with Crippen LogP contribution in [-0.2, 0) is 14.6 Å². The van der Waals surface area contributed by atoms with Gasteiger partial charge in [-0.2, -0.15) is 5.26 Å². The highest BCUT2D eigenvalue weighted by Crippen LogP contribution is 2.21. The van der Waals surface area contributed by atoms with Crippen LogP contribution in [0, 0.1) is 11.3 Å². The highest BCUT2D eigenvalue weighted by molar-refractivity contribution is 7.92. The second kappa shape index (κ2) is 5.30. The fourth-order valence-corrected chi connectivity index (χ4v) is 3.04. The van der Waals surface area contributed by atoms with Gasteiger partial charge in [0, 0.05) is 5.02 Å². The molecule has 1 aromatic rings. The first-order valence-corrected chi connectivity index (χ1v) is 6.69. The molecule has 90 valence electrons. The van der Waals surface area contributed by atoms with Gasteiger partial charge in [-0.05, 0) is 31.2 Å². The van der Waals surface area contributed by atoms with E-state index in [1.807, 2.05) is 0 Å². The van der Waals surface area contributed by atoms with E-state index in [1.165, 1.54) is 24.3 Å². The Hall–Kier alpha value is -1.38. The first-order valence-electron chi connectivity index (χ1n) is 4.76. The van der Waals surface area contributed by atoms with Crippen LogP contribution in [0.15, 0.2) is 29.2 Å². The lowest BCUT2D eigenvalue weighted by atomic mass is 10.2. The van der Waals surface area contributed by atoms with Crippen LogP contribution in [0.1, 0.15) is 13.3 Å². The summed E-state index contributed by atoms with van der Waals surface area (Å²) in [4.78, 5) is 11.3. The molecule has 17 heavy (non-hydrogen) atoms. The van der Waals surface area contributed by atoms with E-state index in [-0.39, 0.29) is 11.3 Å². The summed E-state index contributed by atoms with van der Waals surface area (Å²) in [7, 11) is -3.81. The molecule has 1 rings (SSSR count). The zero-order valence-corrected chi connectivity index (χ0v) is 10.6. The quantitative estimate of drug-likeness (QED) is 0.839. The summed E-state index contributed by atoms with van der Waals surface area (Å²) >= 11 is 5.65. The Labute approximate surface area is 105 Å². The normalized spacial score (nSPS) is 12.8. The van der Waals surface area contributed by atoms with Gasteiger partial charge in [0.1, 0.15) is 11.0 Å². The second-order valence-electron chi connectivity index (χ2n) is 3.46. The van der Waals surface area contributed by atoms with E-state index in [1.54, 1.807) is 6.07 Å². The SMILES string of the molecule is CC(=O)C(CC#N)S(=O)(=O)c1ccc(Cl)cc1. The smallest absolute Gasteiger partial charge is 0.189 e. The van der Waals surface area contributed by atoms with E-state index >= 15 is 0 Å². The van der Waals surface area contributed by atoms with Gasteiger partial charge >= 0.3 is 0 Å². The number of ketones is 1. The first-order chi connectivity index (χ1) is 7.89. The van der Waals surface area contributed by atoms with Gasteiger partial charge in [-0.3, -0.25) is 4.79 Å². The van der Waals surface area contributed by atoms with Gasteiger partial charge in [0.2, 0.25) is 0 Å². The van der Waals surface area contributed by atoms with Crippen molar-refractivity contribution >= 4 is 27.2 Å². The molecule has 0 aromatic heterocycles. The average Bonchev–Trinajstić information content (AvgIpc) is 2.25. The molecule has 0 saturated carbocycles. The van der Waals surface area contributed by atoms with Crippen molar-refractivity contribution in [3.63, 3.8) is 0 Å². The van der Waals surface area contributed by atoms with Crippen LogP contribution in [0.5, 0.6) is 0 Å². The maximum Gasteiger partial charge on any atom is 0.189 e. The molecular weight excluding hydrogens is 262 g/mol. The lowest BCUT2D eigenvalue weighted by Crippen LogP contribution is -2.28. The molecule has 1 aromatic carbocycles. The Balaban J connectivity index is 3.22. The molecule has 0 N–H and O–H groups in total. The van der Waals surface area contributed by atoms with E-state index in [0.29, 0.717) is 5.02 Å². The first kappa shape index (κ1) is 13.7. The molecule has 1 unspecified atom stereocenters. The fraction of sp³-hybridized carbons (Fsp3) is 0.273. The number of nitrogens with zero attached hydrogens (tertiary/aromatic N) is 1. The Morgan fingerprint density at radius 1 is 1.41 bits per heavy atom. The Morgan fingerprint density at radius 2 is 1.94 bits per heavy atom. The monoisotopic (exact) mass is 271 g/mol. The van der Waals surface area contributed by atoms with Crippen LogP contribution in [0.3, 0.4) is 0 Å². The summed E-state index contributed by atoms with van der Waals surface area (Å²) in [6.45, 7) is 1.16. The number of halogens is 1. The fourth-order valence-electron chi connectivity index (χ4n) is 1.34. The zero-order valence-electron chi connectivity index (χ0n) is 9.05. The molecule has 1 atom stereocenters. The predicted octanol–water partition coefficient (Wildman–Crippen LogP) is 1.98. The van der Waals surface area contributed by atoms with Gasteiger partial charge in [0.15, 0.2) is 9.84 Å². The Bertz CT molecular complexity index is 557. The van der Waals surface area contributed by atoms with E-state index in [0.717, 1.165) is 6.92 Å². The van der Waals surface area contributed by atoms with Crippen molar-refractivity contribution in [3.05, 3.63) is 29.3 Å². The van der Waals surface area contributed by atoms with Crippen molar-refractivity contribution in [2.45, 2.75) is 23.5 Å². The van der Waals surface area contributed by atoms with E-state index in [9.17, 15) is 13.2 Å². The highest BCUT2D eigenvalue weighted by atomic mass is 35.5. The third-order valence-corrected chi connectivity index (χ3v) is 4.68. The third-order valence-electron chi connectivity index (χ3n) is 2.25. The molecule has 0 radical (unpaired) electrons. The number of rotatable bonds is 4. The Morgan fingerprint density at radius 3 is 2.35 bits per heavy atom. The van der Waals surface area contributed by atoms with Crippen LogP contribution in [0.4, 0.5) is 0 Å². The molecule has 0 aliphatic carbocycles. The van der Waals surface area contributed by atoms with Crippen molar-refractivity contribution in [3.8, 4) is 6.07 Å². The molecule has 6 heteroatoms.